The Morgan fingerprint density at radius 3 is 2.36 bits per heavy atom. The van der Waals surface area contributed by atoms with E-state index >= 15 is 0 Å². The van der Waals surface area contributed by atoms with Crippen molar-refractivity contribution >= 4 is 17.5 Å². The van der Waals surface area contributed by atoms with E-state index in [0.29, 0.717) is 12.8 Å². The summed E-state index contributed by atoms with van der Waals surface area (Å²) in [7, 11) is 1.14. The van der Waals surface area contributed by atoms with Crippen LogP contribution in [0.3, 0.4) is 0 Å². The summed E-state index contributed by atoms with van der Waals surface area (Å²) in [4.78, 5) is 34.0. The van der Waals surface area contributed by atoms with Gasteiger partial charge in [0.05, 0.1) is 13.0 Å². The summed E-state index contributed by atoms with van der Waals surface area (Å²) < 4.78 is 4.30. The first-order chi connectivity index (χ1) is 6.40. The molecule has 0 N–H and O–H groups in total. The maximum Gasteiger partial charge on any atom is 0.375 e. The number of esters is 1. The van der Waals surface area contributed by atoms with Crippen molar-refractivity contribution in [1.82, 2.24) is 0 Å². The largest absolute Gasteiger partial charge is 0.463 e. The summed E-state index contributed by atoms with van der Waals surface area (Å²) in [6.07, 6.45) is 1.11. The molecule has 1 unspecified atom stereocenters. The second-order valence-electron chi connectivity index (χ2n) is 4.20. The van der Waals surface area contributed by atoms with Gasteiger partial charge in [-0.3, -0.25) is 9.59 Å². The topological polar surface area (TPSA) is 60.4 Å². The van der Waals surface area contributed by atoms with Gasteiger partial charge in [-0.1, -0.05) is 13.8 Å². The normalized spacial score (nSPS) is 24.8. The van der Waals surface area contributed by atoms with Crippen molar-refractivity contribution in [1.29, 1.82) is 0 Å². The van der Waals surface area contributed by atoms with Crippen molar-refractivity contribution in [2.24, 2.45) is 11.3 Å². The van der Waals surface area contributed by atoms with Crippen molar-refractivity contribution < 1.29 is 19.1 Å². The molecule has 0 bridgehead atoms. The number of ether oxygens (including phenoxy) is 1. The average Bonchev–Trinajstić information content (AvgIpc) is 2.40. The molecule has 1 rings (SSSR count). The summed E-state index contributed by atoms with van der Waals surface area (Å²) >= 11 is 0. The monoisotopic (exact) mass is 198 g/mol. The van der Waals surface area contributed by atoms with E-state index in [9.17, 15) is 14.4 Å². The lowest BCUT2D eigenvalue weighted by Crippen LogP contribution is -2.31. The van der Waals surface area contributed by atoms with Crippen LogP contribution in [0.5, 0.6) is 0 Å². The Hall–Kier alpha value is -1.19. The fourth-order valence-electron chi connectivity index (χ4n) is 1.72. The Labute approximate surface area is 82.6 Å². The summed E-state index contributed by atoms with van der Waals surface area (Å²) in [6.45, 7) is 3.58. The second-order valence-corrected chi connectivity index (χ2v) is 4.20. The molecule has 0 amide bonds. The number of Topliss-reactive ketones (excluding diaryl/α,β-unsaturated/α-hetero) is 2. The molecule has 4 heteroatoms. The third-order valence-corrected chi connectivity index (χ3v) is 2.74. The van der Waals surface area contributed by atoms with Gasteiger partial charge in [0.25, 0.3) is 0 Å². The van der Waals surface area contributed by atoms with Crippen LogP contribution in [0, 0.1) is 11.3 Å². The van der Waals surface area contributed by atoms with Crippen LogP contribution in [-0.4, -0.2) is 24.6 Å². The van der Waals surface area contributed by atoms with Gasteiger partial charge in [-0.2, -0.15) is 0 Å². The van der Waals surface area contributed by atoms with E-state index in [1.165, 1.54) is 0 Å². The Bertz CT molecular complexity index is 290. The van der Waals surface area contributed by atoms with E-state index in [0.717, 1.165) is 7.11 Å². The molecule has 1 fully saturated rings. The van der Waals surface area contributed by atoms with Crippen LogP contribution < -0.4 is 0 Å². The fraction of sp³-hybridized carbons (Fsp3) is 0.700. The third-order valence-electron chi connectivity index (χ3n) is 2.74. The lowest BCUT2D eigenvalue weighted by Gasteiger charge is -2.14. The molecule has 0 aliphatic heterocycles. The molecule has 0 radical (unpaired) electrons. The Morgan fingerprint density at radius 2 is 2.00 bits per heavy atom. The van der Waals surface area contributed by atoms with Crippen molar-refractivity contribution in [3.8, 4) is 0 Å². The second kappa shape index (κ2) is 3.52. The molecule has 78 valence electrons. The van der Waals surface area contributed by atoms with Crippen LogP contribution in [0.15, 0.2) is 0 Å². The Morgan fingerprint density at radius 1 is 1.43 bits per heavy atom. The number of methoxy groups -OCH3 is 1. The minimum atomic E-state index is -0.916. The van der Waals surface area contributed by atoms with Crippen LogP contribution in [0.4, 0.5) is 0 Å². The number of hydrogen-bond acceptors (Lipinski definition) is 4. The smallest absolute Gasteiger partial charge is 0.375 e. The number of carbonyl (C=O) groups excluding carboxylic acids is 3. The zero-order chi connectivity index (χ0) is 10.9. The van der Waals surface area contributed by atoms with Gasteiger partial charge in [-0.15, -0.1) is 0 Å². The van der Waals surface area contributed by atoms with E-state index in [-0.39, 0.29) is 5.78 Å². The maximum absolute atomic E-state index is 11.7. The van der Waals surface area contributed by atoms with Gasteiger partial charge in [-0.25, -0.2) is 4.79 Å². The van der Waals surface area contributed by atoms with Gasteiger partial charge in [0.1, 0.15) is 5.78 Å². The molecule has 1 atom stereocenters. The van der Waals surface area contributed by atoms with Crippen LogP contribution in [-0.2, 0) is 19.1 Å². The van der Waals surface area contributed by atoms with Gasteiger partial charge in [-0.05, 0) is 12.8 Å². The van der Waals surface area contributed by atoms with Crippen LogP contribution in [0.2, 0.25) is 0 Å². The molecule has 0 spiro atoms. The van der Waals surface area contributed by atoms with E-state index < -0.39 is 23.1 Å². The third kappa shape index (κ3) is 1.69. The average molecular weight is 198 g/mol. The zero-order valence-corrected chi connectivity index (χ0v) is 8.62. The Balaban J connectivity index is 2.79. The number of hydrogen-bond donors (Lipinski definition) is 0. The molecule has 1 aliphatic rings. The van der Waals surface area contributed by atoms with Crippen LogP contribution in [0.25, 0.3) is 0 Å². The molecule has 14 heavy (non-hydrogen) atoms. The number of ketones is 2. The van der Waals surface area contributed by atoms with Gasteiger partial charge >= 0.3 is 5.97 Å². The van der Waals surface area contributed by atoms with Gasteiger partial charge in [0.15, 0.2) is 0 Å². The summed E-state index contributed by atoms with van der Waals surface area (Å²) in [5.41, 5.74) is -0.478. The molecule has 0 saturated heterocycles. The standard InChI is InChI=1S/C10H14O4/c1-10(2)5-4-6(8(10)12)7(11)9(13)14-3/h6H,4-5H2,1-3H3. The Kier molecular flexibility index (Phi) is 2.73. The lowest BCUT2D eigenvalue weighted by molar-refractivity contribution is -0.155. The first kappa shape index (κ1) is 10.9. The van der Waals surface area contributed by atoms with Gasteiger partial charge in [0.2, 0.25) is 5.78 Å². The van der Waals surface area contributed by atoms with Crippen molar-refractivity contribution in [3.05, 3.63) is 0 Å². The van der Waals surface area contributed by atoms with Gasteiger partial charge < -0.3 is 4.74 Å². The van der Waals surface area contributed by atoms with E-state index in [2.05, 4.69) is 4.74 Å². The minimum Gasteiger partial charge on any atom is -0.463 e. The molecule has 0 aromatic rings. The number of carbonyl (C=O) groups is 3. The minimum absolute atomic E-state index is 0.145. The molecular formula is C10H14O4. The quantitative estimate of drug-likeness (QED) is 0.373. The SMILES string of the molecule is COC(=O)C(=O)C1CCC(C)(C)C1=O. The van der Waals surface area contributed by atoms with E-state index in [4.69, 9.17) is 0 Å². The lowest BCUT2D eigenvalue weighted by atomic mass is 9.88. The predicted molar refractivity (Wildman–Crippen MR) is 48.5 cm³/mol. The van der Waals surface area contributed by atoms with Crippen LogP contribution in [0.1, 0.15) is 26.7 Å². The van der Waals surface area contributed by atoms with E-state index in [1.54, 1.807) is 13.8 Å². The summed E-state index contributed by atoms with van der Waals surface area (Å²) in [5, 5.41) is 0. The predicted octanol–water partition coefficient (Wildman–Crippen LogP) is 0.734. The molecule has 1 aliphatic carbocycles. The molecule has 0 aromatic heterocycles. The highest BCUT2D eigenvalue weighted by Gasteiger charge is 2.45. The molecule has 0 heterocycles. The van der Waals surface area contributed by atoms with Crippen molar-refractivity contribution in [2.75, 3.05) is 7.11 Å². The highest BCUT2D eigenvalue weighted by atomic mass is 16.5. The van der Waals surface area contributed by atoms with Crippen molar-refractivity contribution in [3.63, 3.8) is 0 Å². The summed E-state index contributed by atoms with van der Waals surface area (Å²) in [5.74, 6) is -2.55. The molecule has 0 aromatic carbocycles. The molecule has 4 nitrogen and oxygen atoms in total. The first-order valence-corrected chi connectivity index (χ1v) is 4.56. The summed E-state index contributed by atoms with van der Waals surface area (Å²) in [6, 6.07) is 0. The first-order valence-electron chi connectivity index (χ1n) is 4.56. The highest BCUT2D eigenvalue weighted by Crippen LogP contribution is 2.37. The fourth-order valence-corrected chi connectivity index (χ4v) is 1.72. The molecular weight excluding hydrogens is 184 g/mol. The zero-order valence-electron chi connectivity index (χ0n) is 8.62. The number of rotatable bonds is 2. The maximum atomic E-state index is 11.7. The molecule has 1 saturated carbocycles. The highest BCUT2D eigenvalue weighted by molar-refractivity contribution is 6.38. The van der Waals surface area contributed by atoms with Crippen LogP contribution >= 0.6 is 0 Å². The van der Waals surface area contributed by atoms with E-state index in [1.807, 2.05) is 0 Å². The van der Waals surface area contributed by atoms with Crippen molar-refractivity contribution in [2.45, 2.75) is 26.7 Å². The van der Waals surface area contributed by atoms with Gasteiger partial charge in [0, 0.05) is 5.41 Å².